The largest absolute Gasteiger partial charge is 0.416 e. The van der Waals surface area contributed by atoms with Gasteiger partial charge in [0.25, 0.3) is 0 Å². The molecule has 1 nitrogen and oxygen atoms in total. The molecular weight excluding hydrogens is 319 g/mol. The van der Waals surface area contributed by atoms with Crippen LogP contribution in [0.2, 0.25) is 0 Å². The zero-order valence-electron chi connectivity index (χ0n) is 15.1. The Morgan fingerprint density at radius 1 is 1.09 bits per heavy atom. The first-order valence-electron chi connectivity index (χ1n) is 8.12. The Balaban J connectivity index is 0.00000127. The highest BCUT2D eigenvalue weighted by Gasteiger charge is 2.36. The highest BCUT2D eigenvalue weighted by molar-refractivity contribution is 7.98. The second-order valence-electron chi connectivity index (χ2n) is 6.74. The lowest BCUT2D eigenvalue weighted by Gasteiger charge is -2.30. The van der Waals surface area contributed by atoms with Crippen molar-refractivity contribution in [2.75, 3.05) is 7.05 Å². The number of halogens is 3. The van der Waals surface area contributed by atoms with Crippen LogP contribution in [0.3, 0.4) is 0 Å². The number of hydrogen-bond donors (Lipinski definition) is 0. The Morgan fingerprint density at radius 3 is 2.13 bits per heavy atom. The molecule has 0 amide bonds. The van der Waals surface area contributed by atoms with Crippen LogP contribution >= 0.6 is 11.9 Å². The fraction of sp³-hybridized carbons (Fsp3) is 0.667. The molecule has 0 radical (unpaired) electrons. The summed E-state index contributed by atoms with van der Waals surface area (Å²) in [5.41, 5.74) is 1.34. The van der Waals surface area contributed by atoms with Gasteiger partial charge in [-0.3, -0.25) is 0 Å². The number of benzene rings is 1. The zero-order valence-corrected chi connectivity index (χ0v) is 15.9. The van der Waals surface area contributed by atoms with Crippen LogP contribution in [-0.2, 0) is 6.18 Å². The van der Waals surface area contributed by atoms with E-state index < -0.39 is 11.7 Å². The van der Waals surface area contributed by atoms with E-state index in [1.807, 2.05) is 27.8 Å². The fourth-order valence-electron chi connectivity index (χ4n) is 2.91. The molecule has 0 saturated carbocycles. The smallest absolute Gasteiger partial charge is 0.246 e. The number of rotatable bonds is 2. The van der Waals surface area contributed by atoms with E-state index in [2.05, 4.69) is 25.1 Å². The van der Waals surface area contributed by atoms with Gasteiger partial charge in [0.15, 0.2) is 0 Å². The van der Waals surface area contributed by atoms with Crippen molar-refractivity contribution in [2.45, 2.75) is 70.8 Å². The van der Waals surface area contributed by atoms with Crippen molar-refractivity contribution in [3.63, 3.8) is 0 Å². The summed E-state index contributed by atoms with van der Waals surface area (Å²) < 4.78 is 40.8. The van der Waals surface area contributed by atoms with E-state index in [1.54, 1.807) is 18.0 Å². The van der Waals surface area contributed by atoms with Crippen molar-refractivity contribution in [3.05, 3.63) is 34.9 Å². The molecule has 2 atom stereocenters. The van der Waals surface area contributed by atoms with Gasteiger partial charge in [-0.2, -0.15) is 13.2 Å². The minimum atomic E-state index is -4.26. The van der Waals surface area contributed by atoms with Crippen molar-refractivity contribution >= 4 is 11.9 Å². The van der Waals surface area contributed by atoms with Crippen LogP contribution in [0.15, 0.2) is 18.2 Å². The summed E-state index contributed by atoms with van der Waals surface area (Å²) in [6.45, 7) is 12.4. The van der Waals surface area contributed by atoms with E-state index in [9.17, 15) is 13.2 Å². The average Bonchev–Trinajstić information content (AvgIpc) is 2.75. The molecule has 0 heterocycles. The van der Waals surface area contributed by atoms with Crippen LogP contribution in [0.5, 0.6) is 0 Å². The van der Waals surface area contributed by atoms with E-state index in [0.717, 1.165) is 17.5 Å². The molecule has 0 fully saturated rings. The first-order chi connectivity index (χ1) is 10.5. The number of fused-ring (bicyclic) bond motifs is 1. The second kappa shape index (κ2) is 7.47. The molecule has 1 aromatic rings. The summed E-state index contributed by atoms with van der Waals surface area (Å²) in [5.74, 6) is 0.162. The van der Waals surface area contributed by atoms with Crippen LogP contribution in [-0.4, -0.2) is 16.1 Å². The third kappa shape index (κ3) is 5.15. The molecule has 132 valence electrons. The van der Waals surface area contributed by atoms with Crippen LogP contribution in [0.1, 0.15) is 76.6 Å². The summed E-state index contributed by atoms with van der Waals surface area (Å²) in [7, 11) is 2.03. The minimum Gasteiger partial charge on any atom is -0.246 e. The van der Waals surface area contributed by atoms with E-state index >= 15 is 0 Å². The van der Waals surface area contributed by atoms with Crippen molar-refractivity contribution in [1.82, 2.24) is 4.31 Å². The number of nitrogens with zero attached hydrogens (tertiary/aromatic N) is 1. The lowest BCUT2D eigenvalue weighted by molar-refractivity contribution is -0.137. The van der Waals surface area contributed by atoms with Gasteiger partial charge in [0, 0.05) is 10.8 Å². The van der Waals surface area contributed by atoms with Crippen molar-refractivity contribution in [2.24, 2.45) is 0 Å². The van der Waals surface area contributed by atoms with Crippen molar-refractivity contribution < 1.29 is 13.2 Å². The maximum atomic E-state index is 12.8. The van der Waals surface area contributed by atoms with Gasteiger partial charge in [0.1, 0.15) is 0 Å². The van der Waals surface area contributed by atoms with Crippen LogP contribution < -0.4 is 0 Å². The minimum absolute atomic E-state index is 0.0899. The summed E-state index contributed by atoms with van der Waals surface area (Å²) in [6.07, 6.45) is -3.39. The molecule has 0 N–H and O–H groups in total. The lowest BCUT2D eigenvalue weighted by atomic mass is 10.0. The summed E-state index contributed by atoms with van der Waals surface area (Å²) in [4.78, 5) is 0. The topological polar surface area (TPSA) is 3.24 Å². The monoisotopic (exact) mass is 347 g/mol. The van der Waals surface area contributed by atoms with E-state index in [4.69, 9.17) is 0 Å². The molecule has 0 aliphatic heterocycles. The number of alkyl halides is 3. The van der Waals surface area contributed by atoms with Gasteiger partial charge in [0.2, 0.25) is 0 Å². The van der Waals surface area contributed by atoms with Gasteiger partial charge in [-0.15, -0.1) is 0 Å². The molecule has 23 heavy (non-hydrogen) atoms. The van der Waals surface area contributed by atoms with E-state index in [1.165, 1.54) is 12.1 Å². The Hall–Kier alpha value is -0.680. The summed E-state index contributed by atoms with van der Waals surface area (Å²) in [5, 5.41) is 0. The predicted octanol–water partition coefficient (Wildman–Crippen LogP) is 6.66. The maximum Gasteiger partial charge on any atom is 0.416 e. The summed E-state index contributed by atoms with van der Waals surface area (Å²) >= 11 is 1.74. The molecule has 5 heteroatoms. The molecule has 0 saturated heterocycles. The molecule has 0 spiro atoms. The fourth-order valence-corrected chi connectivity index (χ4v) is 4.10. The quantitative estimate of drug-likeness (QED) is 0.550. The molecular formula is C18H28F3NS. The molecule has 0 aromatic heterocycles. The maximum absolute atomic E-state index is 12.8. The SMILES string of the molecule is CC.CC1CC(N(C)SC(C)(C)C)c2ccc(C(F)(F)F)cc21. The third-order valence-corrected chi connectivity index (χ3v) is 4.83. The molecule has 2 unspecified atom stereocenters. The van der Waals surface area contributed by atoms with Gasteiger partial charge >= 0.3 is 6.18 Å². The number of hydrogen-bond acceptors (Lipinski definition) is 2. The van der Waals surface area contributed by atoms with Crippen LogP contribution in [0, 0.1) is 0 Å². The Kier molecular flexibility index (Phi) is 6.62. The summed E-state index contributed by atoms with van der Waals surface area (Å²) in [6, 6.07) is 4.38. The van der Waals surface area contributed by atoms with Crippen LogP contribution in [0.4, 0.5) is 13.2 Å². The Labute approximate surface area is 142 Å². The molecule has 1 aromatic carbocycles. The molecule has 1 aliphatic carbocycles. The highest BCUT2D eigenvalue weighted by atomic mass is 32.2. The standard InChI is InChI=1S/C16H22F3NS.C2H6/c1-10-8-14(20(5)21-15(2,3)4)12-7-6-11(9-13(10)12)16(17,18)19;1-2/h6-7,9-10,14H,8H2,1-5H3;1-2H3. The van der Waals surface area contributed by atoms with Gasteiger partial charge in [-0.05, 0) is 63.4 Å². The average molecular weight is 347 g/mol. The van der Waals surface area contributed by atoms with E-state index in [-0.39, 0.29) is 16.7 Å². The van der Waals surface area contributed by atoms with Gasteiger partial charge in [-0.1, -0.05) is 38.8 Å². The normalized spacial score (nSPS) is 21.0. The predicted molar refractivity (Wildman–Crippen MR) is 93.7 cm³/mol. The molecule has 2 rings (SSSR count). The van der Waals surface area contributed by atoms with Gasteiger partial charge in [0.05, 0.1) is 5.56 Å². The first-order valence-corrected chi connectivity index (χ1v) is 8.89. The van der Waals surface area contributed by atoms with Crippen molar-refractivity contribution in [1.29, 1.82) is 0 Å². The Bertz CT molecular complexity index is 520. The van der Waals surface area contributed by atoms with Crippen molar-refractivity contribution in [3.8, 4) is 0 Å². The van der Waals surface area contributed by atoms with Gasteiger partial charge in [-0.25, -0.2) is 4.31 Å². The van der Waals surface area contributed by atoms with E-state index in [0.29, 0.717) is 0 Å². The van der Waals surface area contributed by atoms with Crippen LogP contribution in [0.25, 0.3) is 0 Å². The highest BCUT2D eigenvalue weighted by Crippen LogP contribution is 2.47. The molecule has 1 aliphatic rings. The first kappa shape index (κ1) is 20.4. The third-order valence-electron chi connectivity index (χ3n) is 3.74. The lowest BCUT2D eigenvalue weighted by Crippen LogP contribution is -2.23. The zero-order chi connectivity index (χ0) is 18.0. The molecule has 0 bridgehead atoms. The Morgan fingerprint density at radius 2 is 1.65 bits per heavy atom. The van der Waals surface area contributed by atoms with Gasteiger partial charge < -0.3 is 0 Å². The second-order valence-corrected chi connectivity index (χ2v) is 8.73.